The SMILES string of the molecule is C#CC(CCC)Nc1cc(C(F)(F)F)cc(Cl)n1. The van der Waals surface area contributed by atoms with Crippen LogP contribution < -0.4 is 5.32 Å². The predicted molar refractivity (Wildman–Crippen MR) is 65.4 cm³/mol. The third-order valence-corrected chi connectivity index (χ3v) is 2.42. The first-order chi connectivity index (χ1) is 8.36. The summed E-state index contributed by atoms with van der Waals surface area (Å²) in [5, 5.41) is 2.53. The number of alkyl halides is 3. The Morgan fingerprint density at radius 1 is 1.50 bits per heavy atom. The number of halogens is 4. The number of terminal acetylenes is 1. The molecule has 98 valence electrons. The van der Waals surface area contributed by atoms with Gasteiger partial charge in [-0.1, -0.05) is 30.9 Å². The molecular formula is C12H12ClF3N2. The molecule has 1 rings (SSSR count). The molecule has 1 aromatic heterocycles. The molecule has 0 spiro atoms. The molecule has 0 amide bonds. The summed E-state index contributed by atoms with van der Waals surface area (Å²) in [7, 11) is 0. The lowest BCUT2D eigenvalue weighted by Gasteiger charge is -2.14. The standard InChI is InChI=1S/C12H12ClF3N2/c1-3-5-9(4-2)17-11-7-8(12(14,15)16)6-10(13)18-11/h2,6-7,9H,3,5H2,1H3,(H,17,18). The maximum atomic E-state index is 12.6. The number of pyridine rings is 1. The topological polar surface area (TPSA) is 24.9 Å². The zero-order valence-corrected chi connectivity index (χ0v) is 10.4. The zero-order chi connectivity index (χ0) is 13.8. The fourth-order valence-corrected chi connectivity index (χ4v) is 1.61. The summed E-state index contributed by atoms with van der Waals surface area (Å²) in [6, 6.07) is 1.31. The van der Waals surface area contributed by atoms with Gasteiger partial charge in [0.1, 0.15) is 11.0 Å². The van der Waals surface area contributed by atoms with Crippen LogP contribution in [0.2, 0.25) is 5.15 Å². The maximum absolute atomic E-state index is 12.6. The summed E-state index contributed by atoms with van der Waals surface area (Å²) >= 11 is 5.56. The summed E-state index contributed by atoms with van der Waals surface area (Å²) in [5.74, 6) is 2.49. The largest absolute Gasteiger partial charge is 0.416 e. The first-order valence-corrected chi connectivity index (χ1v) is 5.72. The van der Waals surface area contributed by atoms with Gasteiger partial charge in [-0.3, -0.25) is 0 Å². The highest BCUT2D eigenvalue weighted by molar-refractivity contribution is 6.29. The van der Waals surface area contributed by atoms with Crippen LogP contribution in [0.1, 0.15) is 25.3 Å². The highest BCUT2D eigenvalue weighted by Gasteiger charge is 2.31. The number of anilines is 1. The molecule has 0 aliphatic rings. The lowest BCUT2D eigenvalue weighted by atomic mass is 10.1. The van der Waals surface area contributed by atoms with Gasteiger partial charge in [0.05, 0.1) is 11.6 Å². The van der Waals surface area contributed by atoms with E-state index in [1.807, 2.05) is 6.92 Å². The van der Waals surface area contributed by atoms with Crippen molar-refractivity contribution in [2.75, 3.05) is 5.32 Å². The van der Waals surface area contributed by atoms with E-state index in [0.29, 0.717) is 6.42 Å². The van der Waals surface area contributed by atoms with Crippen LogP contribution in [-0.2, 0) is 6.18 Å². The maximum Gasteiger partial charge on any atom is 0.416 e. The van der Waals surface area contributed by atoms with Gasteiger partial charge in [0, 0.05) is 0 Å². The van der Waals surface area contributed by atoms with Crippen molar-refractivity contribution in [2.24, 2.45) is 0 Å². The van der Waals surface area contributed by atoms with Crippen molar-refractivity contribution in [2.45, 2.75) is 32.0 Å². The molecule has 1 N–H and O–H groups in total. The van der Waals surface area contributed by atoms with Gasteiger partial charge in [0.2, 0.25) is 0 Å². The van der Waals surface area contributed by atoms with Gasteiger partial charge < -0.3 is 5.32 Å². The van der Waals surface area contributed by atoms with Crippen LogP contribution in [0.15, 0.2) is 12.1 Å². The van der Waals surface area contributed by atoms with Gasteiger partial charge >= 0.3 is 6.18 Å². The van der Waals surface area contributed by atoms with E-state index in [-0.39, 0.29) is 17.0 Å². The molecule has 6 heteroatoms. The summed E-state index contributed by atoms with van der Waals surface area (Å²) in [4.78, 5) is 3.78. The van der Waals surface area contributed by atoms with Crippen LogP contribution in [0.4, 0.5) is 19.0 Å². The Kier molecular flexibility index (Phi) is 4.85. The van der Waals surface area contributed by atoms with Crippen LogP contribution in [-0.4, -0.2) is 11.0 Å². The molecule has 1 unspecified atom stereocenters. The smallest absolute Gasteiger partial charge is 0.356 e. The van der Waals surface area contributed by atoms with Gasteiger partial charge in [0.25, 0.3) is 0 Å². The van der Waals surface area contributed by atoms with Crippen molar-refractivity contribution < 1.29 is 13.2 Å². The van der Waals surface area contributed by atoms with Gasteiger partial charge in [-0.05, 0) is 18.6 Å². The molecule has 1 atom stereocenters. The fourth-order valence-electron chi connectivity index (χ4n) is 1.40. The van der Waals surface area contributed by atoms with Crippen LogP contribution in [0, 0.1) is 12.3 Å². The van der Waals surface area contributed by atoms with Gasteiger partial charge in [-0.15, -0.1) is 6.42 Å². The van der Waals surface area contributed by atoms with Crippen molar-refractivity contribution in [3.63, 3.8) is 0 Å². The Bertz CT molecular complexity index is 452. The third-order valence-electron chi connectivity index (χ3n) is 2.22. The number of hydrogen-bond donors (Lipinski definition) is 1. The van der Waals surface area contributed by atoms with Gasteiger partial charge in [-0.2, -0.15) is 13.2 Å². The first kappa shape index (κ1) is 14.7. The quantitative estimate of drug-likeness (QED) is 0.665. The summed E-state index contributed by atoms with van der Waals surface area (Å²) < 4.78 is 37.7. The van der Waals surface area contributed by atoms with Crippen molar-refractivity contribution in [1.82, 2.24) is 4.98 Å². The molecular weight excluding hydrogens is 265 g/mol. The monoisotopic (exact) mass is 276 g/mol. The summed E-state index contributed by atoms with van der Waals surface area (Å²) in [6.45, 7) is 1.93. The number of rotatable bonds is 4. The lowest BCUT2D eigenvalue weighted by molar-refractivity contribution is -0.137. The Morgan fingerprint density at radius 3 is 2.67 bits per heavy atom. The van der Waals surface area contributed by atoms with E-state index in [2.05, 4.69) is 16.2 Å². The minimum atomic E-state index is -4.46. The van der Waals surface area contributed by atoms with Crippen molar-refractivity contribution in [3.8, 4) is 12.3 Å². The number of nitrogens with zero attached hydrogens (tertiary/aromatic N) is 1. The second kappa shape index (κ2) is 5.96. The van der Waals surface area contributed by atoms with E-state index in [9.17, 15) is 13.2 Å². The average Bonchev–Trinajstić information content (AvgIpc) is 2.26. The van der Waals surface area contributed by atoms with E-state index < -0.39 is 11.7 Å². The van der Waals surface area contributed by atoms with Gasteiger partial charge in [-0.25, -0.2) is 4.98 Å². The van der Waals surface area contributed by atoms with Crippen molar-refractivity contribution in [3.05, 3.63) is 22.8 Å². The van der Waals surface area contributed by atoms with E-state index >= 15 is 0 Å². The molecule has 0 bridgehead atoms. The van der Waals surface area contributed by atoms with Crippen molar-refractivity contribution in [1.29, 1.82) is 0 Å². The van der Waals surface area contributed by atoms with Crippen LogP contribution in [0.5, 0.6) is 0 Å². The number of aromatic nitrogens is 1. The van der Waals surface area contributed by atoms with Crippen molar-refractivity contribution >= 4 is 17.4 Å². The van der Waals surface area contributed by atoms with E-state index in [1.54, 1.807) is 0 Å². The molecule has 0 aliphatic carbocycles. The Balaban J connectivity index is 2.97. The molecule has 1 heterocycles. The molecule has 18 heavy (non-hydrogen) atoms. The predicted octanol–water partition coefficient (Wildman–Crippen LogP) is 3.97. The highest BCUT2D eigenvalue weighted by atomic mass is 35.5. The second-order valence-corrected chi connectivity index (χ2v) is 4.10. The average molecular weight is 277 g/mol. The molecule has 2 nitrogen and oxygen atoms in total. The molecule has 0 fully saturated rings. The van der Waals surface area contributed by atoms with E-state index in [4.69, 9.17) is 18.0 Å². The van der Waals surface area contributed by atoms with E-state index in [1.165, 1.54) is 0 Å². The minimum Gasteiger partial charge on any atom is -0.356 e. The van der Waals surface area contributed by atoms with Crippen LogP contribution in [0.25, 0.3) is 0 Å². The molecule has 0 saturated carbocycles. The summed E-state index contributed by atoms with van der Waals surface area (Å²) in [5.41, 5.74) is -0.850. The Morgan fingerprint density at radius 2 is 2.17 bits per heavy atom. The highest BCUT2D eigenvalue weighted by Crippen LogP contribution is 2.32. The second-order valence-electron chi connectivity index (χ2n) is 3.71. The van der Waals surface area contributed by atoms with Crippen LogP contribution >= 0.6 is 11.6 Å². The molecule has 0 saturated heterocycles. The fraction of sp³-hybridized carbons (Fsp3) is 0.417. The lowest BCUT2D eigenvalue weighted by Crippen LogP contribution is -2.18. The van der Waals surface area contributed by atoms with E-state index in [0.717, 1.165) is 18.6 Å². The number of nitrogens with one attached hydrogen (secondary N) is 1. The molecule has 0 aromatic carbocycles. The first-order valence-electron chi connectivity index (χ1n) is 5.34. The summed E-state index contributed by atoms with van der Waals surface area (Å²) in [6.07, 6.45) is 2.27. The van der Waals surface area contributed by atoms with Crippen LogP contribution in [0.3, 0.4) is 0 Å². The Hall–Kier alpha value is -1.41. The normalized spacial score (nSPS) is 12.9. The molecule has 1 aromatic rings. The molecule has 0 aliphatic heterocycles. The van der Waals surface area contributed by atoms with Gasteiger partial charge in [0.15, 0.2) is 0 Å². The molecule has 0 radical (unpaired) electrons. The zero-order valence-electron chi connectivity index (χ0n) is 9.68. The minimum absolute atomic E-state index is 0.0335. The number of hydrogen-bond acceptors (Lipinski definition) is 2. The Labute approximate surface area is 109 Å². The third kappa shape index (κ3) is 4.11.